The van der Waals surface area contributed by atoms with Crippen LogP contribution in [0.1, 0.15) is 6.42 Å². The number of sulfone groups is 1. The summed E-state index contributed by atoms with van der Waals surface area (Å²) in [5.74, 6) is -0.951. The van der Waals surface area contributed by atoms with Crippen molar-refractivity contribution in [3.63, 3.8) is 0 Å². The fraction of sp³-hybridized carbons (Fsp3) is 0.375. The molecule has 1 heterocycles. The summed E-state index contributed by atoms with van der Waals surface area (Å²) in [6.45, 7) is 0. The molecule has 0 amide bonds. The van der Waals surface area contributed by atoms with Crippen LogP contribution in [0.3, 0.4) is 0 Å². The van der Waals surface area contributed by atoms with E-state index in [9.17, 15) is 12.8 Å². The second-order valence-electron chi connectivity index (χ2n) is 2.80. The molecule has 0 saturated heterocycles. The zero-order chi connectivity index (χ0) is 11.5. The Bertz CT molecular complexity index is 450. The van der Waals surface area contributed by atoms with Gasteiger partial charge in [-0.25, -0.2) is 17.8 Å². The van der Waals surface area contributed by atoms with Gasteiger partial charge in [0.15, 0.2) is 20.7 Å². The van der Waals surface area contributed by atoms with Crippen molar-refractivity contribution in [1.82, 2.24) is 4.98 Å². The van der Waals surface area contributed by atoms with Crippen molar-refractivity contribution >= 4 is 33.0 Å². The zero-order valence-electron chi connectivity index (χ0n) is 7.58. The number of alkyl halides is 1. The number of pyridine rings is 1. The highest BCUT2D eigenvalue weighted by atomic mass is 35.5. The van der Waals surface area contributed by atoms with Crippen LogP contribution >= 0.6 is 23.2 Å². The second-order valence-corrected chi connectivity index (χ2v) is 5.64. The van der Waals surface area contributed by atoms with E-state index in [2.05, 4.69) is 4.98 Å². The lowest BCUT2D eigenvalue weighted by atomic mass is 10.5. The normalized spacial score (nSPS) is 11.7. The fourth-order valence-electron chi connectivity index (χ4n) is 0.972. The quantitative estimate of drug-likeness (QED) is 0.790. The van der Waals surface area contributed by atoms with Gasteiger partial charge in [0, 0.05) is 12.1 Å². The van der Waals surface area contributed by atoms with Gasteiger partial charge in [-0.1, -0.05) is 11.6 Å². The number of aromatic nitrogens is 1. The van der Waals surface area contributed by atoms with Gasteiger partial charge in [-0.3, -0.25) is 0 Å². The maximum atomic E-state index is 13.2. The lowest BCUT2D eigenvalue weighted by molar-refractivity contribution is 0.553. The van der Waals surface area contributed by atoms with Crippen LogP contribution in [0, 0.1) is 5.82 Å². The third-order valence-corrected chi connectivity index (χ3v) is 3.81. The average Bonchev–Trinajstić information content (AvgIpc) is 2.14. The maximum absolute atomic E-state index is 13.2. The molecule has 0 aromatic carbocycles. The van der Waals surface area contributed by atoms with Gasteiger partial charge in [0.2, 0.25) is 0 Å². The van der Waals surface area contributed by atoms with E-state index in [0.717, 1.165) is 12.3 Å². The molecule has 0 aliphatic carbocycles. The summed E-state index contributed by atoms with van der Waals surface area (Å²) in [7, 11) is -3.70. The average molecular weight is 272 g/mol. The van der Waals surface area contributed by atoms with E-state index >= 15 is 0 Å². The molecule has 15 heavy (non-hydrogen) atoms. The van der Waals surface area contributed by atoms with Gasteiger partial charge in [0.05, 0.1) is 10.8 Å². The Morgan fingerprint density at radius 2 is 2.13 bits per heavy atom. The highest BCUT2D eigenvalue weighted by Gasteiger charge is 2.20. The topological polar surface area (TPSA) is 47.0 Å². The smallest absolute Gasteiger partial charge is 0.198 e. The summed E-state index contributed by atoms with van der Waals surface area (Å²) in [6.07, 6.45) is 1.35. The number of rotatable bonds is 4. The molecule has 0 radical (unpaired) electrons. The third kappa shape index (κ3) is 3.29. The molecule has 0 aliphatic rings. The molecule has 0 atom stereocenters. The largest absolute Gasteiger partial charge is 0.240 e. The molecule has 1 aromatic rings. The summed E-state index contributed by atoms with van der Waals surface area (Å²) in [5, 5.41) is -0.513. The molecule has 0 aliphatic heterocycles. The van der Waals surface area contributed by atoms with Crippen LogP contribution in [0.2, 0.25) is 5.02 Å². The molecule has 1 aromatic heterocycles. The van der Waals surface area contributed by atoms with Crippen LogP contribution in [-0.4, -0.2) is 25.0 Å². The van der Waals surface area contributed by atoms with Crippen molar-refractivity contribution in [3.05, 3.63) is 23.1 Å². The van der Waals surface area contributed by atoms with Gasteiger partial charge in [0.25, 0.3) is 0 Å². The van der Waals surface area contributed by atoms with Crippen molar-refractivity contribution in [2.45, 2.75) is 11.4 Å². The monoisotopic (exact) mass is 271 g/mol. The van der Waals surface area contributed by atoms with Crippen LogP contribution in [0.5, 0.6) is 0 Å². The first kappa shape index (κ1) is 12.7. The summed E-state index contributed by atoms with van der Waals surface area (Å²) in [5.41, 5.74) is 0. The first-order valence-electron chi connectivity index (χ1n) is 4.07. The fourth-order valence-corrected chi connectivity index (χ4v) is 2.70. The summed E-state index contributed by atoms with van der Waals surface area (Å²) < 4.78 is 36.3. The summed E-state index contributed by atoms with van der Waals surface area (Å²) in [6, 6.07) is 0.919. The number of halogens is 3. The molecule has 0 bridgehead atoms. The lowest BCUT2D eigenvalue weighted by Gasteiger charge is -2.03. The molecular weight excluding hydrogens is 264 g/mol. The van der Waals surface area contributed by atoms with Crippen LogP contribution < -0.4 is 0 Å². The van der Waals surface area contributed by atoms with E-state index in [1.165, 1.54) is 0 Å². The van der Waals surface area contributed by atoms with Crippen LogP contribution in [-0.2, 0) is 9.84 Å². The number of hydrogen-bond acceptors (Lipinski definition) is 3. The van der Waals surface area contributed by atoms with Gasteiger partial charge < -0.3 is 0 Å². The third-order valence-electron chi connectivity index (χ3n) is 1.62. The molecule has 0 spiro atoms. The van der Waals surface area contributed by atoms with Gasteiger partial charge in [-0.2, -0.15) is 0 Å². The Hall–Kier alpha value is -0.390. The Labute approximate surface area is 97.1 Å². The van der Waals surface area contributed by atoms with Crippen molar-refractivity contribution < 1.29 is 12.8 Å². The predicted molar refractivity (Wildman–Crippen MR) is 56.6 cm³/mol. The van der Waals surface area contributed by atoms with Gasteiger partial charge in [-0.05, 0) is 12.5 Å². The number of hydrogen-bond donors (Lipinski definition) is 0. The predicted octanol–water partition coefficient (Wildman–Crippen LogP) is 2.28. The first-order valence-corrected chi connectivity index (χ1v) is 6.63. The summed E-state index contributed by atoms with van der Waals surface area (Å²) >= 11 is 10.8. The standard InChI is InChI=1S/C8H8Cl2FNO2S/c9-2-1-3-15(13,14)8-7(11)4-6(10)5-12-8/h4-5H,1-3H2. The van der Waals surface area contributed by atoms with E-state index < -0.39 is 20.7 Å². The molecule has 0 saturated carbocycles. The Kier molecular flexibility index (Phi) is 4.31. The molecular formula is C8H8Cl2FNO2S. The number of nitrogens with zero attached hydrogens (tertiary/aromatic N) is 1. The minimum atomic E-state index is -3.70. The first-order chi connectivity index (χ1) is 6.97. The summed E-state index contributed by atoms with van der Waals surface area (Å²) in [4.78, 5) is 3.46. The van der Waals surface area contributed by atoms with E-state index in [-0.39, 0.29) is 23.1 Å². The Morgan fingerprint density at radius 3 is 2.67 bits per heavy atom. The van der Waals surface area contributed by atoms with Crippen LogP contribution in [0.15, 0.2) is 17.3 Å². The SMILES string of the molecule is O=S(=O)(CCCCl)c1ncc(Cl)cc1F. The minimum absolute atomic E-state index is 0.0591. The van der Waals surface area contributed by atoms with Crippen molar-refractivity contribution in [3.8, 4) is 0 Å². The molecule has 0 unspecified atom stereocenters. The second kappa shape index (κ2) is 5.09. The molecule has 1 rings (SSSR count). The van der Waals surface area contributed by atoms with Crippen molar-refractivity contribution in [2.24, 2.45) is 0 Å². The van der Waals surface area contributed by atoms with E-state index in [0.29, 0.717) is 0 Å². The highest BCUT2D eigenvalue weighted by Crippen LogP contribution is 2.17. The Morgan fingerprint density at radius 1 is 1.47 bits per heavy atom. The van der Waals surface area contributed by atoms with Crippen LogP contribution in [0.25, 0.3) is 0 Å². The lowest BCUT2D eigenvalue weighted by Crippen LogP contribution is -2.11. The van der Waals surface area contributed by atoms with Gasteiger partial charge >= 0.3 is 0 Å². The van der Waals surface area contributed by atoms with Crippen LogP contribution in [0.4, 0.5) is 4.39 Å². The van der Waals surface area contributed by atoms with Gasteiger partial charge in [-0.15, -0.1) is 11.6 Å². The van der Waals surface area contributed by atoms with Crippen molar-refractivity contribution in [2.75, 3.05) is 11.6 Å². The van der Waals surface area contributed by atoms with E-state index in [4.69, 9.17) is 23.2 Å². The highest BCUT2D eigenvalue weighted by molar-refractivity contribution is 7.91. The molecule has 3 nitrogen and oxygen atoms in total. The van der Waals surface area contributed by atoms with Crippen molar-refractivity contribution in [1.29, 1.82) is 0 Å². The molecule has 84 valence electrons. The van der Waals surface area contributed by atoms with E-state index in [1.54, 1.807) is 0 Å². The van der Waals surface area contributed by atoms with Gasteiger partial charge in [0.1, 0.15) is 0 Å². The Balaban J connectivity index is 3.05. The zero-order valence-corrected chi connectivity index (χ0v) is 9.91. The molecule has 7 heteroatoms. The molecule has 0 fully saturated rings. The minimum Gasteiger partial charge on any atom is -0.240 e. The maximum Gasteiger partial charge on any atom is 0.198 e. The molecule has 0 N–H and O–H groups in total. The van der Waals surface area contributed by atoms with E-state index in [1.807, 2.05) is 0 Å².